The molecular weight excluding hydrogens is 442 g/mol. The highest BCUT2D eigenvalue weighted by Gasteiger charge is 2.31. The van der Waals surface area contributed by atoms with Crippen LogP contribution in [0.5, 0.6) is 5.75 Å². The molecule has 0 spiro atoms. The number of urea groups is 1. The third-order valence-electron chi connectivity index (χ3n) is 4.76. The van der Waals surface area contributed by atoms with Crippen molar-refractivity contribution in [1.82, 2.24) is 25.4 Å². The monoisotopic (exact) mass is 463 g/mol. The quantitative estimate of drug-likeness (QED) is 0.434. The molecule has 2 N–H and O–H groups in total. The van der Waals surface area contributed by atoms with Crippen LogP contribution in [0.4, 0.5) is 4.79 Å². The van der Waals surface area contributed by atoms with Crippen LogP contribution in [0, 0.1) is 0 Å². The topological polar surface area (TPSA) is 107 Å². The minimum atomic E-state index is -0.442. The van der Waals surface area contributed by atoms with Gasteiger partial charge in [0.15, 0.2) is 11.0 Å². The Kier molecular flexibility index (Phi) is 6.67. The SMILES string of the molecule is CCOC(=O)C1=C(CSc2nnc(COc3ccccc3Cl)n2C2CC2)NC(=O)NC1. The van der Waals surface area contributed by atoms with Gasteiger partial charge in [-0.1, -0.05) is 35.5 Å². The Labute approximate surface area is 188 Å². The standard InChI is InChI=1S/C20H22ClN5O4S/c1-2-29-18(27)13-9-22-19(28)23-15(13)11-31-20-25-24-17(26(20)12-7-8-12)10-30-16-6-4-3-5-14(16)21/h3-6,12H,2,7-11H2,1H3,(H2,22,23,28). The zero-order valence-corrected chi connectivity index (χ0v) is 18.5. The van der Waals surface area contributed by atoms with Gasteiger partial charge in [-0.2, -0.15) is 0 Å². The first-order valence-corrected chi connectivity index (χ1v) is 11.3. The van der Waals surface area contributed by atoms with Crippen LogP contribution in [0.1, 0.15) is 31.6 Å². The predicted molar refractivity (Wildman–Crippen MR) is 115 cm³/mol. The van der Waals surface area contributed by atoms with Crippen LogP contribution in [0.2, 0.25) is 5.02 Å². The molecule has 0 bridgehead atoms. The molecule has 2 aliphatic rings. The Morgan fingerprint density at radius 1 is 1.32 bits per heavy atom. The van der Waals surface area contributed by atoms with E-state index >= 15 is 0 Å². The van der Waals surface area contributed by atoms with Gasteiger partial charge in [-0.15, -0.1) is 10.2 Å². The Morgan fingerprint density at radius 2 is 2.13 bits per heavy atom. The lowest BCUT2D eigenvalue weighted by atomic mass is 10.2. The third-order valence-corrected chi connectivity index (χ3v) is 6.04. The lowest BCUT2D eigenvalue weighted by Gasteiger charge is -2.21. The second-order valence-electron chi connectivity index (χ2n) is 6.99. The molecule has 9 nitrogen and oxygen atoms in total. The molecule has 1 aromatic heterocycles. The van der Waals surface area contributed by atoms with Gasteiger partial charge in [-0.3, -0.25) is 4.57 Å². The van der Waals surface area contributed by atoms with Crippen LogP contribution in [-0.4, -0.2) is 45.7 Å². The molecule has 4 rings (SSSR count). The molecule has 1 aromatic carbocycles. The summed E-state index contributed by atoms with van der Waals surface area (Å²) in [5.74, 6) is 1.21. The summed E-state index contributed by atoms with van der Waals surface area (Å²) >= 11 is 7.57. The van der Waals surface area contributed by atoms with Crippen molar-refractivity contribution < 1.29 is 19.1 Å². The summed E-state index contributed by atoms with van der Waals surface area (Å²) in [5.41, 5.74) is 0.931. The normalized spacial score (nSPS) is 16.0. The Balaban J connectivity index is 1.49. The average Bonchev–Trinajstić information content (AvgIpc) is 3.52. The van der Waals surface area contributed by atoms with E-state index in [1.165, 1.54) is 11.8 Å². The summed E-state index contributed by atoms with van der Waals surface area (Å²) in [6, 6.07) is 7.25. The molecule has 2 amide bonds. The van der Waals surface area contributed by atoms with E-state index in [-0.39, 0.29) is 25.8 Å². The number of thioether (sulfide) groups is 1. The first-order valence-electron chi connectivity index (χ1n) is 9.94. The van der Waals surface area contributed by atoms with E-state index in [2.05, 4.69) is 25.4 Å². The van der Waals surface area contributed by atoms with Gasteiger partial charge in [-0.25, -0.2) is 9.59 Å². The zero-order valence-electron chi connectivity index (χ0n) is 16.9. The minimum absolute atomic E-state index is 0.132. The fraction of sp³-hybridized carbons (Fsp3) is 0.400. The number of halogens is 1. The van der Waals surface area contributed by atoms with Crippen LogP contribution >= 0.6 is 23.4 Å². The summed E-state index contributed by atoms with van der Waals surface area (Å²) in [6.07, 6.45) is 2.09. The second-order valence-corrected chi connectivity index (χ2v) is 8.34. The van der Waals surface area contributed by atoms with Crippen LogP contribution < -0.4 is 15.4 Å². The molecule has 11 heteroatoms. The van der Waals surface area contributed by atoms with Crippen molar-refractivity contribution in [2.75, 3.05) is 18.9 Å². The highest BCUT2D eigenvalue weighted by molar-refractivity contribution is 7.99. The van der Waals surface area contributed by atoms with Crippen molar-refractivity contribution in [3.63, 3.8) is 0 Å². The molecule has 2 aromatic rings. The van der Waals surface area contributed by atoms with Gasteiger partial charge >= 0.3 is 12.0 Å². The number of hydrogen-bond donors (Lipinski definition) is 2. The van der Waals surface area contributed by atoms with E-state index in [1.807, 2.05) is 12.1 Å². The highest BCUT2D eigenvalue weighted by atomic mass is 35.5. The van der Waals surface area contributed by atoms with E-state index in [9.17, 15) is 9.59 Å². The summed E-state index contributed by atoms with van der Waals surface area (Å²) in [6.45, 7) is 2.38. The lowest BCUT2D eigenvalue weighted by molar-refractivity contribution is -0.138. The van der Waals surface area contributed by atoms with Gasteiger partial charge in [0.05, 0.1) is 23.7 Å². The fourth-order valence-electron chi connectivity index (χ4n) is 3.11. The Hall–Kier alpha value is -2.72. The van der Waals surface area contributed by atoms with Crippen LogP contribution in [0.15, 0.2) is 40.7 Å². The van der Waals surface area contributed by atoms with E-state index < -0.39 is 5.97 Å². The number of nitrogens with zero attached hydrogens (tertiary/aromatic N) is 3. The maximum absolute atomic E-state index is 12.2. The number of aromatic nitrogens is 3. The molecule has 1 fully saturated rings. The molecule has 1 aliphatic heterocycles. The molecule has 0 radical (unpaired) electrons. The average molecular weight is 464 g/mol. The van der Waals surface area contributed by atoms with E-state index in [0.717, 1.165) is 12.8 Å². The number of benzene rings is 1. The van der Waals surface area contributed by atoms with E-state index in [1.54, 1.807) is 19.1 Å². The van der Waals surface area contributed by atoms with Crippen molar-refractivity contribution >= 4 is 35.4 Å². The zero-order chi connectivity index (χ0) is 21.8. The number of esters is 1. The smallest absolute Gasteiger partial charge is 0.337 e. The molecular formula is C20H22ClN5O4S. The molecule has 2 heterocycles. The fourth-order valence-corrected chi connectivity index (χ4v) is 4.32. The van der Waals surface area contributed by atoms with Gasteiger partial charge in [0.25, 0.3) is 0 Å². The molecule has 0 unspecified atom stereocenters. The predicted octanol–water partition coefficient (Wildman–Crippen LogP) is 3.07. The van der Waals surface area contributed by atoms with Gasteiger partial charge in [0.2, 0.25) is 0 Å². The summed E-state index contributed by atoms with van der Waals surface area (Å²) < 4.78 is 13.0. The van der Waals surface area contributed by atoms with Crippen molar-refractivity contribution in [2.45, 2.75) is 37.6 Å². The largest absolute Gasteiger partial charge is 0.484 e. The first-order chi connectivity index (χ1) is 15.1. The van der Waals surface area contributed by atoms with Crippen molar-refractivity contribution in [3.05, 3.63) is 46.4 Å². The summed E-state index contributed by atoms with van der Waals surface area (Å²) in [7, 11) is 0. The number of ether oxygens (including phenoxy) is 2. The number of amides is 2. The number of hydrogen-bond acceptors (Lipinski definition) is 7. The van der Waals surface area contributed by atoms with Crippen molar-refractivity contribution in [1.29, 1.82) is 0 Å². The molecule has 0 saturated heterocycles. The van der Waals surface area contributed by atoms with E-state index in [4.69, 9.17) is 21.1 Å². The molecule has 164 valence electrons. The van der Waals surface area contributed by atoms with Crippen LogP contribution in [-0.2, 0) is 16.1 Å². The van der Waals surface area contributed by atoms with Crippen LogP contribution in [0.25, 0.3) is 0 Å². The maximum Gasteiger partial charge on any atom is 0.337 e. The molecule has 0 atom stereocenters. The number of carbonyl (C=O) groups is 2. The first kappa shape index (κ1) is 21.5. The highest BCUT2D eigenvalue weighted by Crippen LogP contribution is 2.39. The van der Waals surface area contributed by atoms with Crippen molar-refractivity contribution in [3.8, 4) is 5.75 Å². The Morgan fingerprint density at radius 3 is 2.87 bits per heavy atom. The van der Waals surface area contributed by atoms with Crippen molar-refractivity contribution in [2.24, 2.45) is 0 Å². The molecule has 1 saturated carbocycles. The number of para-hydroxylation sites is 1. The van der Waals surface area contributed by atoms with E-state index in [0.29, 0.717) is 44.8 Å². The van der Waals surface area contributed by atoms with Gasteiger partial charge in [0.1, 0.15) is 12.4 Å². The number of nitrogens with one attached hydrogen (secondary N) is 2. The van der Waals surface area contributed by atoms with Gasteiger partial charge in [-0.05, 0) is 31.9 Å². The summed E-state index contributed by atoms with van der Waals surface area (Å²) in [4.78, 5) is 24.0. The third kappa shape index (κ3) is 5.13. The van der Waals surface area contributed by atoms with Gasteiger partial charge < -0.3 is 20.1 Å². The molecule has 31 heavy (non-hydrogen) atoms. The second kappa shape index (κ2) is 9.61. The van der Waals surface area contributed by atoms with Gasteiger partial charge in [0, 0.05) is 17.5 Å². The summed E-state index contributed by atoms with van der Waals surface area (Å²) in [5, 5.41) is 15.2. The minimum Gasteiger partial charge on any atom is -0.484 e. The lowest BCUT2D eigenvalue weighted by Crippen LogP contribution is -2.44. The number of carbonyl (C=O) groups excluding carboxylic acids is 2. The Bertz CT molecular complexity index is 1020. The van der Waals surface area contributed by atoms with Crippen LogP contribution in [0.3, 0.4) is 0 Å². The number of rotatable bonds is 9. The maximum atomic E-state index is 12.2. The molecule has 1 aliphatic carbocycles.